The molecule has 1 aromatic carbocycles. The Morgan fingerprint density at radius 2 is 1.89 bits per heavy atom. The summed E-state index contributed by atoms with van der Waals surface area (Å²) in [4.78, 5) is 37.0. The smallest absolute Gasteiger partial charge is 0.299 e. The summed E-state index contributed by atoms with van der Waals surface area (Å²) in [6, 6.07) is 10.7. The van der Waals surface area contributed by atoms with Gasteiger partial charge in [0.1, 0.15) is 11.6 Å². The lowest BCUT2D eigenvalue weighted by Crippen LogP contribution is -2.41. The fourth-order valence-electron chi connectivity index (χ4n) is 2.64. The third-order valence-corrected chi connectivity index (χ3v) is 4.79. The molecule has 0 aliphatic rings. The van der Waals surface area contributed by atoms with Crippen LogP contribution < -0.4 is 16.6 Å². The minimum atomic E-state index is -0.538. The zero-order valence-electron chi connectivity index (χ0n) is 15.7. The molecule has 0 atom stereocenters. The zero-order valence-corrected chi connectivity index (χ0v) is 16.5. The Morgan fingerprint density at radius 1 is 1.14 bits per heavy atom. The molecular formula is C19H21N5O3S. The second-order valence-corrected chi connectivity index (χ2v) is 7.85. The van der Waals surface area contributed by atoms with Crippen LogP contribution in [0.5, 0.6) is 0 Å². The summed E-state index contributed by atoms with van der Waals surface area (Å²) in [6.07, 6.45) is 2.21. The molecule has 8 nitrogen and oxygen atoms in total. The van der Waals surface area contributed by atoms with Crippen molar-refractivity contribution in [2.24, 2.45) is 5.92 Å². The van der Waals surface area contributed by atoms with Gasteiger partial charge in [0.25, 0.3) is 5.56 Å². The van der Waals surface area contributed by atoms with E-state index in [4.69, 9.17) is 0 Å². The number of hydrogen-bond acceptors (Lipinski definition) is 6. The van der Waals surface area contributed by atoms with Gasteiger partial charge < -0.3 is 0 Å². The summed E-state index contributed by atoms with van der Waals surface area (Å²) in [5.41, 5.74) is -0.141. The van der Waals surface area contributed by atoms with Crippen molar-refractivity contribution >= 4 is 22.4 Å². The van der Waals surface area contributed by atoms with E-state index < -0.39 is 17.2 Å². The standard InChI is InChI=1S/C19H21N5O3S/c1-13(2)10-16-21-22-18(28-16)20-15(25)12-24-17(26)8-9-23(19(24)27)11-14-6-4-3-5-7-14/h3-9,13H,10-12H2,1-2H3,(H,20,22,25). The first-order valence-corrected chi connectivity index (χ1v) is 9.70. The van der Waals surface area contributed by atoms with Crippen LogP contribution in [0.4, 0.5) is 5.13 Å². The van der Waals surface area contributed by atoms with Gasteiger partial charge >= 0.3 is 5.69 Å². The molecule has 28 heavy (non-hydrogen) atoms. The number of carbonyl (C=O) groups is 1. The van der Waals surface area contributed by atoms with Crippen LogP contribution in [0.25, 0.3) is 0 Å². The van der Waals surface area contributed by atoms with Gasteiger partial charge in [-0.1, -0.05) is 55.5 Å². The highest BCUT2D eigenvalue weighted by Gasteiger charge is 2.13. The van der Waals surface area contributed by atoms with Crippen molar-refractivity contribution in [1.29, 1.82) is 0 Å². The fourth-order valence-corrected chi connectivity index (χ4v) is 3.61. The van der Waals surface area contributed by atoms with Crippen molar-refractivity contribution in [1.82, 2.24) is 19.3 Å². The largest absolute Gasteiger partial charge is 0.331 e. The molecule has 0 aliphatic carbocycles. The number of nitrogens with one attached hydrogen (secondary N) is 1. The van der Waals surface area contributed by atoms with Gasteiger partial charge in [0, 0.05) is 18.7 Å². The summed E-state index contributed by atoms with van der Waals surface area (Å²) in [6.45, 7) is 4.08. The van der Waals surface area contributed by atoms with Gasteiger partial charge in [0.15, 0.2) is 0 Å². The van der Waals surface area contributed by atoms with Crippen molar-refractivity contribution < 1.29 is 4.79 Å². The molecule has 0 saturated heterocycles. The Morgan fingerprint density at radius 3 is 2.61 bits per heavy atom. The van der Waals surface area contributed by atoms with Crippen LogP contribution in [-0.2, 0) is 24.3 Å². The predicted molar refractivity (Wildman–Crippen MR) is 108 cm³/mol. The first kappa shape index (κ1) is 19.7. The van der Waals surface area contributed by atoms with Gasteiger partial charge in [-0.2, -0.15) is 0 Å². The molecule has 0 spiro atoms. The van der Waals surface area contributed by atoms with Gasteiger partial charge in [-0.25, -0.2) is 4.79 Å². The van der Waals surface area contributed by atoms with Crippen LogP contribution in [0, 0.1) is 5.92 Å². The third-order valence-electron chi connectivity index (χ3n) is 3.93. The molecule has 146 valence electrons. The average Bonchev–Trinajstić information content (AvgIpc) is 3.08. The van der Waals surface area contributed by atoms with Crippen molar-refractivity contribution in [3.05, 3.63) is 74.0 Å². The SMILES string of the molecule is CC(C)Cc1nnc(NC(=O)Cn2c(=O)ccn(Cc3ccccc3)c2=O)s1. The Bertz CT molecular complexity index is 1070. The number of benzene rings is 1. The molecule has 3 rings (SSSR count). The summed E-state index contributed by atoms with van der Waals surface area (Å²) in [7, 11) is 0. The average molecular weight is 399 g/mol. The second-order valence-electron chi connectivity index (χ2n) is 6.78. The van der Waals surface area contributed by atoms with E-state index in [1.165, 1.54) is 28.2 Å². The number of carbonyl (C=O) groups excluding carboxylic acids is 1. The molecule has 3 aromatic rings. The maximum atomic E-state index is 12.6. The van der Waals surface area contributed by atoms with E-state index >= 15 is 0 Å². The van der Waals surface area contributed by atoms with Crippen LogP contribution in [0.1, 0.15) is 24.4 Å². The summed E-state index contributed by atoms with van der Waals surface area (Å²) in [5, 5.41) is 11.8. The van der Waals surface area contributed by atoms with Gasteiger partial charge in [-0.05, 0) is 11.5 Å². The van der Waals surface area contributed by atoms with E-state index in [1.54, 1.807) is 0 Å². The number of nitrogens with zero attached hydrogens (tertiary/aromatic N) is 4. The monoisotopic (exact) mass is 399 g/mol. The highest BCUT2D eigenvalue weighted by atomic mass is 32.1. The van der Waals surface area contributed by atoms with Crippen molar-refractivity contribution in [2.75, 3.05) is 5.32 Å². The van der Waals surface area contributed by atoms with Gasteiger partial charge in [-0.15, -0.1) is 10.2 Å². The molecule has 0 unspecified atom stereocenters. The predicted octanol–water partition coefficient (Wildman–Crippen LogP) is 1.75. The molecule has 0 aliphatic heterocycles. The lowest BCUT2D eigenvalue weighted by atomic mass is 10.1. The van der Waals surface area contributed by atoms with E-state index in [0.717, 1.165) is 21.6 Å². The fraction of sp³-hybridized carbons (Fsp3) is 0.316. The summed E-state index contributed by atoms with van der Waals surface area (Å²) < 4.78 is 2.31. The van der Waals surface area contributed by atoms with Gasteiger partial charge in [0.05, 0.1) is 6.54 Å². The molecule has 0 radical (unpaired) electrons. The first-order chi connectivity index (χ1) is 13.4. The Balaban J connectivity index is 1.73. The molecule has 0 bridgehead atoms. The third kappa shape index (κ3) is 5.01. The molecule has 2 aromatic heterocycles. The lowest BCUT2D eigenvalue weighted by Gasteiger charge is -2.09. The number of hydrogen-bond donors (Lipinski definition) is 1. The highest BCUT2D eigenvalue weighted by Crippen LogP contribution is 2.18. The highest BCUT2D eigenvalue weighted by molar-refractivity contribution is 7.15. The minimum Gasteiger partial charge on any atom is -0.299 e. The number of aromatic nitrogens is 4. The van der Waals surface area contributed by atoms with Crippen molar-refractivity contribution in [2.45, 2.75) is 33.4 Å². The minimum absolute atomic E-state index is 0.316. The molecule has 0 fully saturated rings. The summed E-state index contributed by atoms with van der Waals surface area (Å²) >= 11 is 1.29. The lowest BCUT2D eigenvalue weighted by molar-refractivity contribution is -0.116. The molecule has 9 heteroatoms. The Kier molecular flexibility index (Phi) is 6.15. The van der Waals surface area contributed by atoms with Crippen LogP contribution in [-0.4, -0.2) is 25.2 Å². The van der Waals surface area contributed by atoms with E-state index in [-0.39, 0.29) is 6.54 Å². The van der Waals surface area contributed by atoms with E-state index in [0.29, 0.717) is 17.6 Å². The van der Waals surface area contributed by atoms with Crippen LogP contribution >= 0.6 is 11.3 Å². The first-order valence-electron chi connectivity index (χ1n) is 8.89. The van der Waals surface area contributed by atoms with E-state index in [9.17, 15) is 14.4 Å². The zero-order chi connectivity index (χ0) is 20.1. The normalized spacial score (nSPS) is 11.0. The number of amides is 1. The van der Waals surface area contributed by atoms with Gasteiger partial charge in [-0.3, -0.25) is 24.0 Å². The molecule has 2 heterocycles. The van der Waals surface area contributed by atoms with Crippen LogP contribution in [0.2, 0.25) is 0 Å². The molecule has 1 amide bonds. The Labute approximate surface area is 165 Å². The molecular weight excluding hydrogens is 378 g/mol. The van der Waals surface area contributed by atoms with Crippen molar-refractivity contribution in [3.63, 3.8) is 0 Å². The van der Waals surface area contributed by atoms with Gasteiger partial charge in [0.2, 0.25) is 11.0 Å². The van der Waals surface area contributed by atoms with E-state index in [2.05, 4.69) is 29.4 Å². The molecule has 1 N–H and O–H groups in total. The summed E-state index contributed by atoms with van der Waals surface area (Å²) in [5.74, 6) is -0.0635. The quantitative estimate of drug-likeness (QED) is 0.653. The second kappa shape index (κ2) is 8.75. The maximum Gasteiger partial charge on any atom is 0.331 e. The Hall–Kier alpha value is -3.07. The number of rotatable bonds is 7. The molecule has 0 saturated carbocycles. The number of anilines is 1. The topological polar surface area (TPSA) is 98.9 Å². The van der Waals surface area contributed by atoms with E-state index in [1.807, 2.05) is 30.3 Å². The van der Waals surface area contributed by atoms with Crippen molar-refractivity contribution in [3.8, 4) is 0 Å². The van der Waals surface area contributed by atoms with Crippen LogP contribution in [0.15, 0.2) is 52.2 Å². The van der Waals surface area contributed by atoms with Crippen LogP contribution in [0.3, 0.4) is 0 Å². The maximum absolute atomic E-state index is 12.6.